The van der Waals surface area contributed by atoms with Crippen LogP contribution in [0.15, 0.2) is 352 Å². The summed E-state index contributed by atoms with van der Waals surface area (Å²) in [5, 5.41) is 9.18. The molecule has 0 saturated carbocycles. The predicted molar refractivity (Wildman–Crippen MR) is 413 cm³/mol. The first-order valence-electron chi connectivity index (χ1n) is 33.9. The van der Waals surface area contributed by atoms with Gasteiger partial charge in [-0.05, 0) is 108 Å². The Balaban J connectivity index is 1.01. The minimum absolute atomic E-state index is 0.476. The van der Waals surface area contributed by atoms with Crippen molar-refractivity contribution < 1.29 is 0 Å². The lowest BCUT2D eigenvalue weighted by Gasteiger charge is -2.24. The maximum Gasteiger partial charge on any atom is 0.166 e. The number of aromatic nitrogens is 8. The minimum Gasteiger partial charge on any atom is -0.309 e. The van der Waals surface area contributed by atoms with Gasteiger partial charge in [0.2, 0.25) is 0 Å². The third-order valence-corrected chi connectivity index (χ3v) is 20.0. The second-order valence-electron chi connectivity index (χ2n) is 25.7. The highest BCUT2D eigenvalue weighted by Crippen LogP contribution is 2.52. The van der Waals surface area contributed by atoms with Crippen molar-refractivity contribution in [1.82, 2.24) is 38.2 Å². The maximum absolute atomic E-state index is 6.42. The Morgan fingerprint density at radius 2 is 0.410 bits per heavy atom. The fourth-order valence-electron chi connectivity index (χ4n) is 15.6. The molecule has 14 aromatic carbocycles. The topological polar surface area (TPSA) is 71.3 Å². The molecule has 0 fully saturated rings. The monoisotopic (exact) mass is 1270 g/mol. The van der Waals surface area contributed by atoms with Gasteiger partial charge in [0.05, 0.1) is 61.1 Å². The SMILES string of the molecule is c1ccc(-c2nc(-c3ccccc3)nc(-c3c(-c4ccc5c6ccccc6n(-c6ccccc6)c5c4)nc(-c4ccc5c6ccccc6n(-c6ccccc6)c5c4)c(-c4ccc5c6ccccc6n(-c6ccccc6)c5c4)c3-c3ccc4c5ccccc5n(-c5ccccc5)c4c3)n2)cc1. The molecule has 0 aliphatic heterocycles. The van der Waals surface area contributed by atoms with Crippen molar-refractivity contribution in [2.75, 3.05) is 0 Å². The molecule has 6 aromatic heterocycles. The number of hydrogen-bond acceptors (Lipinski definition) is 4. The number of fused-ring (bicyclic) bond motifs is 12. The largest absolute Gasteiger partial charge is 0.309 e. The Kier molecular flexibility index (Phi) is 13.1. The lowest BCUT2D eigenvalue weighted by molar-refractivity contribution is 1.07. The van der Waals surface area contributed by atoms with E-state index in [1.165, 1.54) is 5.39 Å². The highest BCUT2D eigenvalue weighted by atomic mass is 15.0. The van der Waals surface area contributed by atoms with Crippen molar-refractivity contribution >= 4 is 87.2 Å². The molecule has 20 rings (SSSR count). The van der Waals surface area contributed by atoms with Gasteiger partial charge in [0.25, 0.3) is 0 Å². The number of para-hydroxylation sites is 8. The Morgan fingerprint density at radius 3 is 0.750 bits per heavy atom. The second-order valence-corrected chi connectivity index (χ2v) is 25.7. The average molecular weight is 1280 g/mol. The normalized spacial score (nSPS) is 11.8. The number of hydrogen-bond donors (Lipinski definition) is 0. The smallest absolute Gasteiger partial charge is 0.166 e. The summed E-state index contributed by atoms with van der Waals surface area (Å²) in [4.78, 5) is 23.4. The maximum atomic E-state index is 6.42. The van der Waals surface area contributed by atoms with E-state index in [0.29, 0.717) is 23.2 Å². The zero-order chi connectivity index (χ0) is 65.8. The van der Waals surface area contributed by atoms with Crippen LogP contribution in [0, 0.1) is 0 Å². The molecule has 6 heterocycles. The third-order valence-electron chi connectivity index (χ3n) is 20.0. The number of rotatable bonds is 11. The Morgan fingerprint density at radius 1 is 0.160 bits per heavy atom. The van der Waals surface area contributed by atoms with Crippen LogP contribution in [-0.2, 0) is 0 Å². The van der Waals surface area contributed by atoms with Gasteiger partial charge >= 0.3 is 0 Å². The molecule has 0 radical (unpaired) electrons. The van der Waals surface area contributed by atoms with E-state index in [4.69, 9.17) is 19.9 Å². The fourth-order valence-corrected chi connectivity index (χ4v) is 15.6. The van der Waals surface area contributed by atoms with Crippen LogP contribution in [0.3, 0.4) is 0 Å². The highest BCUT2D eigenvalue weighted by molar-refractivity contribution is 6.17. The van der Waals surface area contributed by atoms with Crippen molar-refractivity contribution in [3.05, 3.63) is 352 Å². The van der Waals surface area contributed by atoms with Gasteiger partial charge in [0, 0.05) is 99.2 Å². The summed E-state index contributed by atoms with van der Waals surface area (Å²) in [5.41, 5.74) is 22.4. The molecule has 466 valence electrons. The summed E-state index contributed by atoms with van der Waals surface area (Å²) in [7, 11) is 0. The molecule has 0 atom stereocenters. The van der Waals surface area contributed by atoms with E-state index < -0.39 is 0 Å². The zero-order valence-corrected chi connectivity index (χ0v) is 54.1. The van der Waals surface area contributed by atoms with Gasteiger partial charge < -0.3 is 18.3 Å². The van der Waals surface area contributed by atoms with E-state index in [9.17, 15) is 0 Å². The summed E-state index contributed by atoms with van der Waals surface area (Å²) >= 11 is 0. The third kappa shape index (κ3) is 9.08. The van der Waals surface area contributed by atoms with Gasteiger partial charge in [-0.15, -0.1) is 0 Å². The molecule has 0 N–H and O–H groups in total. The fraction of sp³-hybridized carbons (Fsp3) is 0. The Bertz CT molecular complexity index is 6550. The van der Waals surface area contributed by atoms with Crippen LogP contribution in [0.4, 0.5) is 0 Å². The molecular weight excluding hydrogens is 1220 g/mol. The van der Waals surface area contributed by atoms with Gasteiger partial charge in [-0.25, -0.2) is 19.9 Å². The van der Waals surface area contributed by atoms with Gasteiger partial charge in [0.1, 0.15) is 0 Å². The molecule has 0 bridgehead atoms. The molecule has 0 amide bonds. The molecule has 100 heavy (non-hydrogen) atoms. The van der Waals surface area contributed by atoms with Crippen LogP contribution < -0.4 is 0 Å². The molecule has 20 aromatic rings. The second kappa shape index (κ2) is 23.1. The van der Waals surface area contributed by atoms with Crippen LogP contribution in [0.2, 0.25) is 0 Å². The van der Waals surface area contributed by atoms with Crippen LogP contribution in [0.1, 0.15) is 0 Å². The van der Waals surface area contributed by atoms with Crippen LogP contribution in [0.25, 0.3) is 189 Å². The molecule has 8 nitrogen and oxygen atoms in total. The van der Waals surface area contributed by atoms with E-state index in [1.54, 1.807) is 0 Å². The predicted octanol–water partition coefficient (Wildman–Crippen LogP) is 23.3. The standard InChI is InChI=1S/C92H58N8/c1-7-27-59(28-8-1)90-94-91(60-29-9-2-10-30-60)96-92(95-90)87-85(61-47-51-73-69-39-19-23-43-77(69)97(81(73)55-61)65-31-11-3-12-32-65)86(62-48-52-74-70-40-20-24-44-78(70)98(82(74)56-62)66-33-13-4-14-34-66)88(63-49-53-75-71-41-21-25-45-79(71)99(83(75)57-63)67-35-15-5-16-36-67)93-89(87)64-50-54-76-72-42-22-26-46-80(72)100(84(76)58-64)68-37-17-6-18-38-68/h1-58H. The van der Waals surface area contributed by atoms with Gasteiger partial charge in [-0.3, -0.25) is 0 Å². The number of pyridine rings is 1. The first-order valence-corrected chi connectivity index (χ1v) is 33.9. The first-order chi connectivity index (χ1) is 49.6. The lowest BCUT2D eigenvalue weighted by Crippen LogP contribution is -2.06. The molecule has 0 aliphatic rings. The summed E-state index contributed by atoms with van der Waals surface area (Å²) in [6.45, 7) is 0. The quantitative estimate of drug-likeness (QED) is 0.129. The van der Waals surface area contributed by atoms with E-state index in [0.717, 1.165) is 160 Å². The Hall–Kier alpha value is -13.6. The number of benzene rings is 14. The molecule has 8 heteroatoms. The summed E-state index contributed by atoms with van der Waals surface area (Å²) in [5.74, 6) is 1.56. The number of nitrogens with zero attached hydrogens (tertiary/aromatic N) is 8. The molecule has 0 aliphatic carbocycles. The lowest BCUT2D eigenvalue weighted by atomic mass is 9.84. The minimum atomic E-state index is 0.476. The van der Waals surface area contributed by atoms with Crippen LogP contribution >= 0.6 is 0 Å². The van der Waals surface area contributed by atoms with Crippen LogP contribution in [0.5, 0.6) is 0 Å². The molecule has 0 spiro atoms. The van der Waals surface area contributed by atoms with E-state index in [2.05, 4.69) is 334 Å². The van der Waals surface area contributed by atoms with Gasteiger partial charge in [0.15, 0.2) is 17.5 Å². The summed E-state index contributed by atoms with van der Waals surface area (Å²) < 4.78 is 9.62. The van der Waals surface area contributed by atoms with Crippen molar-refractivity contribution in [2.24, 2.45) is 0 Å². The van der Waals surface area contributed by atoms with Gasteiger partial charge in [-0.2, -0.15) is 0 Å². The zero-order valence-electron chi connectivity index (χ0n) is 54.1. The van der Waals surface area contributed by atoms with Crippen molar-refractivity contribution in [1.29, 1.82) is 0 Å². The van der Waals surface area contributed by atoms with Crippen LogP contribution in [-0.4, -0.2) is 38.2 Å². The van der Waals surface area contributed by atoms with E-state index in [-0.39, 0.29) is 0 Å². The van der Waals surface area contributed by atoms with Crippen molar-refractivity contribution in [2.45, 2.75) is 0 Å². The van der Waals surface area contributed by atoms with Gasteiger partial charge in [-0.1, -0.05) is 255 Å². The Labute approximate surface area is 575 Å². The average Bonchev–Trinajstić information content (AvgIpc) is 1.24. The van der Waals surface area contributed by atoms with E-state index >= 15 is 0 Å². The molecular formula is C92H58N8. The molecule has 0 saturated heterocycles. The van der Waals surface area contributed by atoms with Crippen molar-refractivity contribution in [3.8, 4) is 102 Å². The van der Waals surface area contributed by atoms with E-state index in [1.807, 2.05) is 36.4 Å². The summed E-state index contributed by atoms with van der Waals surface area (Å²) in [6.07, 6.45) is 0. The van der Waals surface area contributed by atoms with Crippen molar-refractivity contribution in [3.63, 3.8) is 0 Å². The highest BCUT2D eigenvalue weighted by Gasteiger charge is 2.31. The molecule has 0 unspecified atom stereocenters. The summed E-state index contributed by atoms with van der Waals surface area (Å²) in [6, 6.07) is 126. The first kappa shape index (κ1) is 56.8.